The third kappa shape index (κ3) is 4.38. The van der Waals surface area contributed by atoms with Crippen LogP contribution in [0.15, 0.2) is 29.3 Å². The zero-order chi connectivity index (χ0) is 23.9. The van der Waals surface area contributed by atoms with Crippen LogP contribution in [0.4, 0.5) is 5.69 Å². The van der Waals surface area contributed by atoms with Gasteiger partial charge in [0.1, 0.15) is 15.5 Å². The monoisotopic (exact) mass is 469 g/mol. The number of thiophene rings is 1. The van der Waals surface area contributed by atoms with E-state index in [4.69, 9.17) is 9.47 Å². The maximum atomic E-state index is 13.1. The molecule has 1 amide bonds. The summed E-state index contributed by atoms with van der Waals surface area (Å²) in [6.07, 6.45) is 0.684. The Bertz CT molecular complexity index is 1340. The number of aromatic nitrogens is 2. The second-order valence-corrected chi connectivity index (χ2v) is 9.29. The van der Waals surface area contributed by atoms with Crippen LogP contribution in [0.1, 0.15) is 46.4 Å². The Morgan fingerprint density at radius 2 is 2.06 bits per heavy atom. The molecule has 172 valence electrons. The van der Waals surface area contributed by atoms with Gasteiger partial charge >= 0.3 is 5.97 Å². The predicted molar refractivity (Wildman–Crippen MR) is 123 cm³/mol. The van der Waals surface area contributed by atoms with Crippen molar-refractivity contribution in [2.75, 3.05) is 11.9 Å². The van der Waals surface area contributed by atoms with Gasteiger partial charge in [-0.25, -0.2) is 9.78 Å². The number of carbonyl (C=O) groups excluding carboxylic acids is 3. The van der Waals surface area contributed by atoms with Crippen LogP contribution in [0.5, 0.6) is 5.75 Å². The highest BCUT2D eigenvalue weighted by molar-refractivity contribution is 7.20. The molecule has 4 rings (SSSR count). The van der Waals surface area contributed by atoms with Crippen molar-refractivity contribution < 1.29 is 23.9 Å². The lowest BCUT2D eigenvalue weighted by atomic mass is 10.1. The van der Waals surface area contributed by atoms with E-state index in [0.717, 1.165) is 11.3 Å². The van der Waals surface area contributed by atoms with Gasteiger partial charge in [0.2, 0.25) is 0 Å². The highest BCUT2D eigenvalue weighted by Crippen LogP contribution is 2.31. The summed E-state index contributed by atoms with van der Waals surface area (Å²) in [4.78, 5) is 55.2. The number of anilines is 1. The minimum Gasteiger partial charge on any atom is -0.479 e. The van der Waals surface area contributed by atoms with E-state index < -0.39 is 17.6 Å². The molecule has 0 radical (unpaired) electrons. The molecular formula is C23H23N3O6S. The summed E-state index contributed by atoms with van der Waals surface area (Å²) in [5, 5.41) is 3.00. The number of esters is 1. The standard InChI is InChI=1S/C23H23N3O6S/c1-11(2)9-31-23(30)19-12(3)18-21(33-19)24-10-26(22(18)29)8-16(27)14-5-6-17-15(7-14)25-20(28)13(4)32-17/h5-7,10-11,13H,8-9H2,1-4H3,(H,25,28). The van der Waals surface area contributed by atoms with Gasteiger partial charge in [0.05, 0.1) is 30.6 Å². The van der Waals surface area contributed by atoms with Crippen LogP contribution in [0.3, 0.4) is 0 Å². The van der Waals surface area contributed by atoms with E-state index in [1.807, 2.05) is 13.8 Å². The summed E-state index contributed by atoms with van der Waals surface area (Å²) < 4.78 is 12.0. The van der Waals surface area contributed by atoms with Crippen LogP contribution in [0.2, 0.25) is 0 Å². The molecule has 0 saturated heterocycles. The molecule has 3 heterocycles. The fraction of sp³-hybridized carbons (Fsp3) is 0.348. The lowest BCUT2D eigenvalue weighted by Gasteiger charge is -2.23. The Morgan fingerprint density at radius 3 is 2.79 bits per heavy atom. The first kappa shape index (κ1) is 22.7. The lowest BCUT2D eigenvalue weighted by molar-refractivity contribution is -0.122. The highest BCUT2D eigenvalue weighted by atomic mass is 32.1. The normalized spacial score (nSPS) is 15.2. The van der Waals surface area contributed by atoms with Crippen LogP contribution in [0, 0.1) is 12.8 Å². The lowest BCUT2D eigenvalue weighted by Crippen LogP contribution is -2.34. The number of hydrogen-bond donors (Lipinski definition) is 1. The second-order valence-electron chi connectivity index (χ2n) is 8.29. The van der Waals surface area contributed by atoms with E-state index in [2.05, 4.69) is 10.3 Å². The number of carbonyl (C=O) groups is 3. The van der Waals surface area contributed by atoms with Gasteiger partial charge in [-0.1, -0.05) is 13.8 Å². The van der Waals surface area contributed by atoms with Crippen molar-refractivity contribution in [2.24, 2.45) is 5.92 Å². The van der Waals surface area contributed by atoms with Gasteiger partial charge in [0.25, 0.3) is 11.5 Å². The van der Waals surface area contributed by atoms with Gasteiger partial charge in [0.15, 0.2) is 11.9 Å². The molecule has 0 saturated carbocycles. The molecule has 2 aromatic heterocycles. The number of Topliss-reactive ketones (excluding diaryl/α,β-unsaturated/α-hetero) is 1. The fourth-order valence-electron chi connectivity index (χ4n) is 3.40. The van der Waals surface area contributed by atoms with Crippen LogP contribution < -0.4 is 15.6 Å². The van der Waals surface area contributed by atoms with E-state index in [0.29, 0.717) is 37.7 Å². The van der Waals surface area contributed by atoms with E-state index >= 15 is 0 Å². The molecule has 1 N–H and O–H groups in total. The number of aryl methyl sites for hydroxylation is 1. The maximum absolute atomic E-state index is 13.1. The Balaban J connectivity index is 1.60. The summed E-state index contributed by atoms with van der Waals surface area (Å²) >= 11 is 1.10. The molecule has 10 heteroatoms. The molecule has 0 spiro atoms. The first-order valence-electron chi connectivity index (χ1n) is 10.5. The quantitative estimate of drug-likeness (QED) is 0.435. The average molecular weight is 470 g/mol. The minimum atomic E-state index is -0.614. The molecule has 1 aliphatic heterocycles. The SMILES string of the molecule is Cc1c(C(=O)OCC(C)C)sc2ncn(CC(=O)c3ccc4c(c3)NC(=O)C(C)O4)c(=O)c12. The summed E-state index contributed by atoms with van der Waals surface area (Å²) in [6.45, 7) is 7.22. The largest absolute Gasteiger partial charge is 0.479 e. The fourth-order valence-corrected chi connectivity index (χ4v) is 4.44. The van der Waals surface area contributed by atoms with E-state index in [9.17, 15) is 19.2 Å². The van der Waals surface area contributed by atoms with Crippen molar-refractivity contribution in [1.29, 1.82) is 0 Å². The molecular weight excluding hydrogens is 446 g/mol. The Kier molecular flexibility index (Phi) is 6.03. The predicted octanol–water partition coefficient (Wildman–Crippen LogP) is 3.18. The Hall–Kier alpha value is -3.53. The topological polar surface area (TPSA) is 117 Å². The molecule has 33 heavy (non-hydrogen) atoms. The van der Waals surface area contributed by atoms with E-state index in [-0.39, 0.29) is 30.8 Å². The third-order valence-corrected chi connectivity index (χ3v) is 6.38. The Labute approximate surface area is 193 Å². The molecule has 0 fully saturated rings. The van der Waals surface area contributed by atoms with Crippen molar-refractivity contribution in [3.63, 3.8) is 0 Å². The number of rotatable bonds is 6. The van der Waals surface area contributed by atoms with Crippen molar-refractivity contribution in [3.05, 3.63) is 50.9 Å². The molecule has 0 bridgehead atoms. The van der Waals surface area contributed by atoms with Crippen LogP contribution in [-0.4, -0.2) is 39.9 Å². The van der Waals surface area contributed by atoms with Gasteiger partial charge in [-0.05, 0) is 43.5 Å². The van der Waals surface area contributed by atoms with Crippen LogP contribution in [0.25, 0.3) is 10.2 Å². The van der Waals surface area contributed by atoms with Gasteiger partial charge < -0.3 is 14.8 Å². The number of hydrogen-bond acceptors (Lipinski definition) is 8. The Morgan fingerprint density at radius 1 is 1.30 bits per heavy atom. The molecule has 1 unspecified atom stereocenters. The summed E-state index contributed by atoms with van der Waals surface area (Å²) in [6, 6.07) is 4.72. The number of nitrogens with one attached hydrogen (secondary N) is 1. The van der Waals surface area contributed by atoms with Crippen molar-refractivity contribution in [2.45, 2.75) is 40.3 Å². The van der Waals surface area contributed by atoms with E-state index in [1.165, 1.54) is 17.0 Å². The number of nitrogens with zero attached hydrogens (tertiary/aromatic N) is 2. The highest BCUT2D eigenvalue weighted by Gasteiger charge is 2.25. The molecule has 1 aliphatic rings. The van der Waals surface area contributed by atoms with E-state index in [1.54, 1.807) is 26.0 Å². The average Bonchev–Trinajstić information content (AvgIpc) is 3.11. The number of ketones is 1. The molecule has 0 aliphatic carbocycles. The van der Waals surface area contributed by atoms with Gasteiger partial charge in [-0.2, -0.15) is 0 Å². The van der Waals surface area contributed by atoms with Crippen molar-refractivity contribution in [1.82, 2.24) is 9.55 Å². The van der Waals surface area contributed by atoms with Crippen LogP contribution >= 0.6 is 11.3 Å². The summed E-state index contributed by atoms with van der Waals surface area (Å²) in [5.74, 6) is -0.451. The first-order valence-corrected chi connectivity index (χ1v) is 11.3. The minimum absolute atomic E-state index is 0.192. The maximum Gasteiger partial charge on any atom is 0.348 e. The molecule has 3 aromatic rings. The summed E-state index contributed by atoms with van der Waals surface area (Å²) in [5.41, 5.74) is 0.807. The number of fused-ring (bicyclic) bond motifs is 2. The first-order chi connectivity index (χ1) is 15.7. The van der Waals surface area contributed by atoms with Gasteiger partial charge in [0, 0.05) is 5.56 Å². The smallest absolute Gasteiger partial charge is 0.348 e. The summed E-state index contributed by atoms with van der Waals surface area (Å²) in [7, 11) is 0. The number of amides is 1. The molecule has 9 nitrogen and oxygen atoms in total. The zero-order valence-electron chi connectivity index (χ0n) is 18.6. The molecule has 1 atom stereocenters. The zero-order valence-corrected chi connectivity index (χ0v) is 19.4. The second kappa shape index (κ2) is 8.78. The molecule has 1 aromatic carbocycles. The van der Waals surface area contributed by atoms with Crippen molar-refractivity contribution >= 4 is 44.9 Å². The number of ether oxygens (including phenoxy) is 2. The third-order valence-electron chi connectivity index (χ3n) is 5.20. The van der Waals surface area contributed by atoms with Crippen LogP contribution in [-0.2, 0) is 16.1 Å². The van der Waals surface area contributed by atoms with Crippen molar-refractivity contribution in [3.8, 4) is 5.75 Å². The van der Waals surface area contributed by atoms with Gasteiger partial charge in [-0.3, -0.25) is 19.0 Å². The van der Waals surface area contributed by atoms with Gasteiger partial charge in [-0.15, -0.1) is 11.3 Å². The number of benzene rings is 1.